The van der Waals surface area contributed by atoms with Crippen LogP contribution in [0.4, 0.5) is 0 Å². The summed E-state index contributed by atoms with van der Waals surface area (Å²) in [6.45, 7) is 0. The molecule has 0 spiro atoms. The fraction of sp³-hybridized carbons (Fsp3) is 0. The van der Waals surface area contributed by atoms with Crippen LogP contribution in [-0.4, -0.2) is 8.41 Å². The van der Waals surface area contributed by atoms with E-state index in [4.69, 9.17) is 0 Å². The molecule has 0 aliphatic carbocycles. The molecule has 0 amide bonds. The van der Waals surface area contributed by atoms with Gasteiger partial charge in [0.25, 0.3) is 0 Å². The number of rotatable bonds is 0. The van der Waals surface area contributed by atoms with Gasteiger partial charge in [-0.25, -0.2) is 0 Å². The Morgan fingerprint density at radius 1 is 0.750 bits per heavy atom. The summed E-state index contributed by atoms with van der Waals surface area (Å²) in [5.41, 5.74) is 0. The second-order valence-electron chi connectivity index (χ2n) is 0. The van der Waals surface area contributed by atoms with E-state index in [0.29, 0.717) is 0 Å². The van der Waals surface area contributed by atoms with Gasteiger partial charge in [-0.2, -0.15) is 0 Å². The zero-order chi connectivity index (χ0) is 0. The van der Waals surface area contributed by atoms with Crippen molar-refractivity contribution >= 4 is 33.2 Å². The molecule has 0 atom stereocenters. The Balaban J connectivity index is 0. The van der Waals surface area contributed by atoms with Crippen molar-refractivity contribution in [2.75, 3.05) is 0 Å². The van der Waals surface area contributed by atoms with Crippen molar-refractivity contribution in [2.24, 2.45) is 0 Å². The minimum absolute atomic E-state index is 0. The van der Waals surface area contributed by atoms with Crippen LogP contribution in [0.5, 0.6) is 0 Å². The van der Waals surface area contributed by atoms with E-state index < -0.39 is 0 Å². The number of halogens is 2. The van der Waals surface area contributed by atoms with Gasteiger partial charge in [0.2, 0.25) is 0 Å². The average molecular weight is 146 g/mol. The zero-order valence-electron chi connectivity index (χ0n) is 1.13. The molecule has 0 aliphatic rings. The van der Waals surface area contributed by atoms with Gasteiger partial charge < -0.3 is 0 Å². The van der Waals surface area contributed by atoms with Crippen LogP contribution in [0.2, 0.25) is 0 Å². The molecule has 0 rings (SSSR count). The smallest absolute Gasteiger partial charge is 0 e. The summed E-state index contributed by atoms with van der Waals surface area (Å²) in [5.74, 6) is 0. The van der Waals surface area contributed by atoms with Gasteiger partial charge in [-0.15, -0.1) is 24.8 Å². The van der Waals surface area contributed by atoms with Gasteiger partial charge in [0, 0.05) is 16.5 Å². The standard InChI is InChI=1S/BH4.2ClH.Ni/h1H4;2*1H;/q-1;;;. The van der Waals surface area contributed by atoms with E-state index in [2.05, 4.69) is 0 Å². The fourth-order valence-corrected chi connectivity index (χ4v) is 0. The van der Waals surface area contributed by atoms with E-state index in [9.17, 15) is 0 Å². The molecule has 0 heterocycles. The zero-order valence-corrected chi connectivity index (χ0v) is 3.75. The second-order valence-corrected chi connectivity index (χ2v) is 0. The molecular formula is H6BCl2Ni-. The monoisotopic (exact) mass is 145 g/mol. The molecule has 0 unspecified atom stereocenters. The molecule has 0 saturated heterocycles. The molecule has 4 heteroatoms. The van der Waals surface area contributed by atoms with Gasteiger partial charge in [-0.05, 0) is 0 Å². The van der Waals surface area contributed by atoms with E-state index in [1.54, 1.807) is 0 Å². The van der Waals surface area contributed by atoms with Gasteiger partial charge in [-0.3, -0.25) is 0 Å². The summed E-state index contributed by atoms with van der Waals surface area (Å²) in [7, 11) is 0. The second kappa shape index (κ2) is 31.5. The Hall–Kier alpha value is 1.14. The molecule has 0 aromatic heterocycles. The van der Waals surface area contributed by atoms with Crippen LogP contribution in [0.15, 0.2) is 0 Å². The molecule has 0 bridgehead atoms. The van der Waals surface area contributed by atoms with Crippen LogP contribution in [0.3, 0.4) is 0 Å². The molecule has 34 valence electrons. The van der Waals surface area contributed by atoms with Crippen LogP contribution >= 0.6 is 24.8 Å². The third-order valence-electron chi connectivity index (χ3n) is 0. The Kier molecular flexibility index (Phi) is 534. The summed E-state index contributed by atoms with van der Waals surface area (Å²) >= 11 is 0. The summed E-state index contributed by atoms with van der Waals surface area (Å²) in [6.07, 6.45) is 0. The molecule has 0 N–H and O–H groups in total. The predicted molar refractivity (Wildman–Crippen MR) is 25.8 cm³/mol. The van der Waals surface area contributed by atoms with Crippen LogP contribution in [0.25, 0.3) is 0 Å². The fourth-order valence-electron chi connectivity index (χ4n) is 0. The topological polar surface area (TPSA) is 0 Å². The summed E-state index contributed by atoms with van der Waals surface area (Å²) in [5, 5.41) is 0. The maximum atomic E-state index is 0. The van der Waals surface area contributed by atoms with Crippen molar-refractivity contribution < 1.29 is 16.5 Å². The Morgan fingerprint density at radius 2 is 0.750 bits per heavy atom. The minimum Gasteiger partial charge on any atom is -0.147 e. The maximum Gasteiger partial charge on any atom is 0 e. The third-order valence-corrected chi connectivity index (χ3v) is 0. The summed E-state index contributed by atoms with van der Waals surface area (Å²) in [6, 6.07) is 0. The first kappa shape index (κ1) is 67.9. The minimum atomic E-state index is 0. The first-order valence-corrected chi connectivity index (χ1v) is 0. The molecular weight excluding hydrogens is 140 g/mol. The van der Waals surface area contributed by atoms with E-state index in [1.165, 1.54) is 0 Å². The average Bonchev–Trinajstić information content (AvgIpc) is 0. The van der Waals surface area contributed by atoms with Crippen molar-refractivity contribution in [3.05, 3.63) is 0 Å². The normalized spacial score (nSPS) is 0. The largest absolute Gasteiger partial charge is 0.147 e. The van der Waals surface area contributed by atoms with Crippen LogP contribution in [0.1, 0.15) is 0 Å². The third kappa shape index (κ3) is 11.1. The molecule has 0 fully saturated rings. The van der Waals surface area contributed by atoms with E-state index in [1.807, 2.05) is 0 Å². The molecule has 0 nitrogen and oxygen atoms in total. The number of hydrogen-bond donors (Lipinski definition) is 0. The van der Waals surface area contributed by atoms with Crippen molar-refractivity contribution in [3.63, 3.8) is 0 Å². The number of hydrogen-bond acceptors (Lipinski definition) is 0. The van der Waals surface area contributed by atoms with Crippen LogP contribution in [0, 0.1) is 0 Å². The van der Waals surface area contributed by atoms with Crippen molar-refractivity contribution in [3.8, 4) is 0 Å². The Labute approximate surface area is 50.0 Å². The van der Waals surface area contributed by atoms with Crippen LogP contribution < -0.4 is 0 Å². The first-order valence-electron chi connectivity index (χ1n) is 0. The Bertz CT molecular complexity index is 6.00. The van der Waals surface area contributed by atoms with Crippen LogP contribution in [-0.2, 0) is 16.5 Å². The van der Waals surface area contributed by atoms with Gasteiger partial charge >= 0.3 is 0 Å². The van der Waals surface area contributed by atoms with Gasteiger partial charge in [0.1, 0.15) is 0 Å². The summed E-state index contributed by atoms with van der Waals surface area (Å²) < 4.78 is 0. The van der Waals surface area contributed by atoms with E-state index in [-0.39, 0.29) is 49.7 Å². The molecule has 4 heavy (non-hydrogen) atoms. The summed E-state index contributed by atoms with van der Waals surface area (Å²) in [4.78, 5) is 0. The van der Waals surface area contributed by atoms with E-state index in [0.717, 1.165) is 0 Å². The van der Waals surface area contributed by atoms with E-state index >= 15 is 0 Å². The molecule has 0 aromatic carbocycles. The SMILES string of the molecule is Cl.Cl.[BH4-].[Ni]. The van der Waals surface area contributed by atoms with Gasteiger partial charge in [0.05, 0.1) is 0 Å². The Morgan fingerprint density at radius 3 is 0.750 bits per heavy atom. The first-order chi connectivity index (χ1) is 0. The van der Waals surface area contributed by atoms with Gasteiger partial charge in [0.15, 0.2) is 0 Å². The quantitative estimate of drug-likeness (QED) is 0.400. The molecule has 0 radical (unpaired) electrons. The van der Waals surface area contributed by atoms with Crippen molar-refractivity contribution in [1.29, 1.82) is 0 Å². The van der Waals surface area contributed by atoms with Crippen molar-refractivity contribution in [1.82, 2.24) is 0 Å². The van der Waals surface area contributed by atoms with Gasteiger partial charge in [-0.1, -0.05) is 8.41 Å². The van der Waals surface area contributed by atoms with Crippen molar-refractivity contribution in [2.45, 2.75) is 0 Å². The molecule has 0 aromatic rings. The predicted octanol–water partition coefficient (Wildman–Crippen LogP) is -0.611. The molecule has 0 aliphatic heterocycles. The maximum absolute atomic E-state index is 0. The molecule has 0 saturated carbocycles.